The van der Waals surface area contributed by atoms with E-state index in [9.17, 15) is 4.79 Å². The molecule has 1 atom stereocenters. The van der Waals surface area contributed by atoms with Crippen molar-refractivity contribution in [3.63, 3.8) is 0 Å². The molecule has 1 aliphatic rings. The predicted molar refractivity (Wildman–Crippen MR) is 80.2 cm³/mol. The number of rotatable bonds is 5. The van der Waals surface area contributed by atoms with Crippen LogP contribution in [0, 0.1) is 5.92 Å². The molecular weight excluding hydrogens is 281 g/mol. The van der Waals surface area contributed by atoms with E-state index in [0.29, 0.717) is 22.0 Å². The van der Waals surface area contributed by atoms with Crippen molar-refractivity contribution in [3.8, 4) is 0 Å². The molecule has 0 saturated carbocycles. The summed E-state index contributed by atoms with van der Waals surface area (Å²) in [5.41, 5.74) is 0.542. The van der Waals surface area contributed by atoms with E-state index in [1.807, 2.05) is 0 Å². The highest BCUT2D eigenvalue weighted by atomic mass is 35.5. The number of carbonyl (C=O) groups is 1. The molecule has 0 aromatic heterocycles. The van der Waals surface area contributed by atoms with Crippen LogP contribution in [-0.2, 0) is 0 Å². The van der Waals surface area contributed by atoms with Crippen LogP contribution in [0.1, 0.15) is 36.5 Å². The van der Waals surface area contributed by atoms with E-state index < -0.39 is 0 Å². The van der Waals surface area contributed by atoms with Crippen molar-refractivity contribution in [1.82, 2.24) is 4.90 Å². The van der Waals surface area contributed by atoms with Gasteiger partial charge in [-0.2, -0.15) is 0 Å². The summed E-state index contributed by atoms with van der Waals surface area (Å²) in [7, 11) is 0. The minimum Gasteiger partial charge on any atom is -0.303 e. The first kappa shape index (κ1) is 14.8. The Morgan fingerprint density at radius 1 is 1.42 bits per heavy atom. The van der Waals surface area contributed by atoms with Gasteiger partial charge in [-0.25, -0.2) is 0 Å². The predicted octanol–water partition coefficient (Wildman–Crippen LogP) is 4.30. The van der Waals surface area contributed by atoms with Crippen LogP contribution in [0.15, 0.2) is 18.2 Å². The Bertz CT molecular complexity index is 461. The van der Waals surface area contributed by atoms with E-state index in [4.69, 9.17) is 23.2 Å². The number of hydrogen-bond donors (Lipinski definition) is 0. The number of halogens is 2. The third-order valence-corrected chi connectivity index (χ3v) is 4.67. The number of likely N-dealkylation sites (tertiary alicyclic amines) is 1. The zero-order valence-corrected chi connectivity index (χ0v) is 12.7. The number of nitrogens with zero attached hydrogens (tertiary/aromatic N) is 1. The van der Waals surface area contributed by atoms with E-state index in [1.165, 1.54) is 12.8 Å². The normalized spacial score (nSPS) is 19.8. The lowest BCUT2D eigenvalue weighted by Gasteiger charge is -2.15. The van der Waals surface area contributed by atoms with E-state index in [2.05, 4.69) is 11.8 Å². The number of Topliss-reactive ketones (excluding diaryl/α,β-unsaturated/α-hetero) is 1. The molecule has 1 aromatic rings. The fraction of sp³-hybridized carbons (Fsp3) is 0.533. The second-order valence-electron chi connectivity index (χ2n) is 5.14. The first-order valence-electron chi connectivity index (χ1n) is 6.81. The van der Waals surface area contributed by atoms with Crippen molar-refractivity contribution in [3.05, 3.63) is 33.8 Å². The average Bonchev–Trinajstić information content (AvgIpc) is 2.87. The summed E-state index contributed by atoms with van der Waals surface area (Å²) in [5, 5.41) is 0.821. The molecule has 19 heavy (non-hydrogen) atoms. The van der Waals surface area contributed by atoms with Gasteiger partial charge in [0.15, 0.2) is 5.78 Å². The van der Waals surface area contributed by atoms with Crippen LogP contribution in [-0.4, -0.2) is 30.3 Å². The van der Waals surface area contributed by atoms with Crippen molar-refractivity contribution >= 4 is 29.0 Å². The van der Waals surface area contributed by atoms with E-state index in [-0.39, 0.29) is 5.78 Å². The monoisotopic (exact) mass is 299 g/mol. The minimum atomic E-state index is 0.0763. The second kappa shape index (κ2) is 6.74. The Morgan fingerprint density at radius 2 is 2.21 bits per heavy atom. The maximum Gasteiger partial charge on any atom is 0.165 e. The lowest BCUT2D eigenvalue weighted by atomic mass is 10.1. The smallest absolute Gasteiger partial charge is 0.165 e. The summed E-state index contributed by atoms with van der Waals surface area (Å²) in [4.78, 5) is 14.5. The molecule has 1 saturated heterocycles. The van der Waals surface area contributed by atoms with Crippen molar-refractivity contribution in [2.75, 3.05) is 19.6 Å². The fourth-order valence-corrected chi connectivity index (χ4v) is 2.97. The maximum atomic E-state index is 12.2. The molecule has 4 heteroatoms. The van der Waals surface area contributed by atoms with Gasteiger partial charge in [-0.3, -0.25) is 4.79 Å². The maximum absolute atomic E-state index is 12.2. The Hall–Kier alpha value is -0.570. The molecule has 0 spiro atoms. The van der Waals surface area contributed by atoms with E-state index >= 15 is 0 Å². The van der Waals surface area contributed by atoms with E-state index in [0.717, 1.165) is 25.6 Å². The third-order valence-electron chi connectivity index (χ3n) is 3.85. The molecule has 1 unspecified atom stereocenters. The van der Waals surface area contributed by atoms with Gasteiger partial charge in [0.05, 0.1) is 10.0 Å². The molecule has 2 rings (SSSR count). The van der Waals surface area contributed by atoms with Crippen molar-refractivity contribution in [1.29, 1.82) is 0 Å². The molecule has 104 valence electrons. The van der Waals surface area contributed by atoms with Gasteiger partial charge in [-0.05, 0) is 31.0 Å². The molecule has 1 heterocycles. The van der Waals surface area contributed by atoms with Gasteiger partial charge >= 0.3 is 0 Å². The zero-order chi connectivity index (χ0) is 13.8. The highest BCUT2D eigenvalue weighted by Gasteiger charge is 2.21. The molecule has 0 radical (unpaired) electrons. The SMILES string of the molecule is CCC1CCN(CCC(=O)c2cccc(Cl)c2Cl)C1. The molecule has 0 bridgehead atoms. The number of carbonyl (C=O) groups excluding carboxylic acids is 1. The fourth-order valence-electron chi connectivity index (χ4n) is 2.56. The quantitative estimate of drug-likeness (QED) is 0.756. The standard InChI is InChI=1S/C15H19Cl2NO/c1-2-11-6-8-18(10-11)9-7-14(19)12-4-3-5-13(16)15(12)17/h3-5,11H,2,6-10H2,1H3. The Labute approximate surface area is 124 Å². The van der Waals surface area contributed by atoms with Crippen LogP contribution in [0.3, 0.4) is 0 Å². The van der Waals surface area contributed by atoms with Gasteiger partial charge in [-0.15, -0.1) is 0 Å². The number of benzene rings is 1. The Morgan fingerprint density at radius 3 is 2.89 bits per heavy atom. The van der Waals surface area contributed by atoms with Crippen LogP contribution in [0.2, 0.25) is 10.0 Å². The van der Waals surface area contributed by atoms with Crippen LogP contribution in [0.5, 0.6) is 0 Å². The average molecular weight is 300 g/mol. The first-order chi connectivity index (χ1) is 9.11. The first-order valence-corrected chi connectivity index (χ1v) is 7.57. The zero-order valence-electron chi connectivity index (χ0n) is 11.2. The molecule has 1 fully saturated rings. The Balaban J connectivity index is 1.90. The van der Waals surface area contributed by atoms with E-state index in [1.54, 1.807) is 18.2 Å². The van der Waals surface area contributed by atoms with Gasteiger partial charge in [0.25, 0.3) is 0 Å². The lowest BCUT2D eigenvalue weighted by Crippen LogP contribution is -2.24. The highest BCUT2D eigenvalue weighted by molar-refractivity contribution is 6.43. The molecule has 0 aliphatic carbocycles. The minimum absolute atomic E-state index is 0.0763. The van der Waals surface area contributed by atoms with Gasteiger partial charge in [0, 0.05) is 25.1 Å². The van der Waals surface area contributed by atoms with Gasteiger partial charge in [0.2, 0.25) is 0 Å². The lowest BCUT2D eigenvalue weighted by molar-refractivity contribution is 0.0968. The van der Waals surface area contributed by atoms with Crippen molar-refractivity contribution in [2.24, 2.45) is 5.92 Å². The Kier molecular flexibility index (Phi) is 5.26. The molecule has 0 N–H and O–H groups in total. The van der Waals surface area contributed by atoms with Crippen molar-refractivity contribution in [2.45, 2.75) is 26.2 Å². The van der Waals surface area contributed by atoms with Crippen LogP contribution in [0.25, 0.3) is 0 Å². The highest BCUT2D eigenvalue weighted by Crippen LogP contribution is 2.27. The number of hydrogen-bond acceptors (Lipinski definition) is 2. The molecule has 1 aliphatic heterocycles. The molecular formula is C15H19Cl2NO. The van der Waals surface area contributed by atoms with Gasteiger partial charge in [-0.1, -0.05) is 42.6 Å². The van der Waals surface area contributed by atoms with Gasteiger partial charge in [0.1, 0.15) is 0 Å². The second-order valence-corrected chi connectivity index (χ2v) is 5.92. The third kappa shape index (κ3) is 3.71. The molecule has 2 nitrogen and oxygen atoms in total. The van der Waals surface area contributed by atoms with Crippen LogP contribution >= 0.6 is 23.2 Å². The largest absolute Gasteiger partial charge is 0.303 e. The summed E-state index contributed by atoms with van der Waals surface area (Å²) >= 11 is 12.0. The topological polar surface area (TPSA) is 20.3 Å². The summed E-state index contributed by atoms with van der Waals surface area (Å²) < 4.78 is 0. The number of ketones is 1. The van der Waals surface area contributed by atoms with Crippen LogP contribution in [0.4, 0.5) is 0 Å². The molecule has 1 aromatic carbocycles. The van der Waals surface area contributed by atoms with Crippen molar-refractivity contribution < 1.29 is 4.79 Å². The summed E-state index contributed by atoms with van der Waals surface area (Å²) in [6, 6.07) is 5.22. The van der Waals surface area contributed by atoms with Gasteiger partial charge < -0.3 is 4.90 Å². The summed E-state index contributed by atoms with van der Waals surface area (Å²) in [6.07, 6.45) is 2.99. The summed E-state index contributed by atoms with van der Waals surface area (Å²) in [5.74, 6) is 0.873. The van der Waals surface area contributed by atoms with Crippen LogP contribution < -0.4 is 0 Å². The summed E-state index contributed by atoms with van der Waals surface area (Å²) in [6.45, 7) is 5.27. The molecule has 0 amide bonds.